The molecule has 2 rings (SSSR count). The first kappa shape index (κ1) is 15.4. The van der Waals surface area contributed by atoms with Crippen molar-refractivity contribution in [2.24, 2.45) is 5.92 Å². The van der Waals surface area contributed by atoms with Gasteiger partial charge in [0.25, 0.3) is 0 Å². The van der Waals surface area contributed by atoms with E-state index in [1.807, 2.05) is 0 Å². The van der Waals surface area contributed by atoms with Crippen LogP contribution in [-0.4, -0.2) is 29.2 Å². The van der Waals surface area contributed by atoms with E-state index >= 15 is 0 Å². The topological polar surface area (TPSA) is 20.3 Å². The van der Waals surface area contributed by atoms with Crippen molar-refractivity contribution in [3.8, 4) is 0 Å². The number of rotatable bonds is 4. The van der Waals surface area contributed by atoms with Crippen molar-refractivity contribution < 1.29 is 18.0 Å². The third-order valence-corrected chi connectivity index (χ3v) is 4.35. The van der Waals surface area contributed by atoms with Gasteiger partial charge in [-0.1, -0.05) is 34.1 Å². The van der Waals surface area contributed by atoms with Crippen molar-refractivity contribution in [3.05, 3.63) is 35.4 Å². The van der Waals surface area contributed by atoms with Gasteiger partial charge in [0.15, 0.2) is 0 Å². The molecular weight excluding hydrogens is 335 g/mol. The zero-order valence-corrected chi connectivity index (χ0v) is 12.4. The molecule has 1 fully saturated rings. The third-order valence-electron chi connectivity index (χ3n) is 3.44. The lowest BCUT2D eigenvalue weighted by Crippen LogP contribution is -2.27. The minimum atomic E-state index is -4.32. The van der Waals surface area contributed by atoms with Gasteiger partial charge in [0.05, 0.1) is 5.56 Å². The average molecular weight is 350 g/mol. The highest BCUT2D eigenvalue weighted by Crippen LogP contribution is 2.29. The Kier molecular flexibility index (Phi) is 4.73. The van der Waals surface area contributed by atoms with E-state index in [-0.39, 0.29) is 5.91 Å². The molecule has 1 aliphatic rings. The highest BCUT2D eigenvalue weighted by molar-refractivity contribution is 9.09. The van der Waals surface area contributed by atoms with Gasteiger partial charge in [-0.25, -0.2) is 0 Å². The Morgan fingerprint density at radius 3 is 2.70 bits per heavy atom. The van der Waals surface area contributed by atoms with Gasteiger partial charge in [0.1, 0.15) is 0 Å². The molecule has 1 saturated heterocycles. The molecule has 1 aliphatic heterocycles. The highest BCUT2D eigenvalue weighted by Gasteiger charge is 2.31. The second-order valence-electron chi connectivity index (χ2n) is 5.01. The molecule has 1 aromatic rings. The van der Waals surface area contributed by atoms with E-state index in [4.69, 9.17) is 0 Å². The molecule has 6 heteroatoms. The van der Waals surface area contributed by atoms with Crippen LogP contribution >= 0.6 is 15.9 Å². The van der Waals surface area contributed by atoms with Crippen molar-refractivity contribution in [3.63, 3.8) is 0 Å². The maximum Gasteiger partial charge on any atom is 0.416 e. The first-order valence-electron chi connectivity index (χ1n) is 6.40. The fourth-order valence-corrected chi connectivity index (χ4v) is 2.77. The minimum Gasteiger partial charge on any atom is -0.342 e. The molecule has 1 unspecified atom stereocenters. The van der Waals surface area contributed by atoms with Crippen LogP contribution in [0.4, 0.5) is 13.2 Å². The van der Waals surface area contributed by atoms with Crippen LogP contribution in [0.3, 0.4) is 0 Å². The Hall–Kier alpha value is -1.04. The molecule has 1 atom stereocenters. The molecule has 1 heterocycles. The predicted molar refractivity (Wildman–Crippen MR) is 73.6 cm³/mol. The second kappa shape index (κ2) is 6.16. The number of nitrogens with zero attached hydrogens (tertiary/aromatic N) is 1. The summed E-state index contributed by atoms with van der Waals surface area (Å²) in [5.74, 6) is 0.394. The van der Waals surface area contributed by atoms with Crippen LogP contribution in [-0.2, 0) is 17.4 Å². The van der Waals surface area contributed by atoms with E-state index in [2.05, 4.69) is 15.9 Å². The number of hydrogen-bond donors (Lipinski definition) is 0. The van der Waals surface area contributed by atoms with Crippen LogP contribution in [0.1, 0.15) is 17.5 Å². The summed E-state index contributed by atoms with van der Waals surface area (Å²) < 4.78 is 37.8. The minimum absolute atomic E-state index is 0.0847. The van der Waals surface area contributed by atoms with Crippen LogP contribution < -0.4 is 0 Å². The number of amides is 1. The van der Waals surface area contributed by atoms with E-state index in [0.717, 1.165) is 17.5 Å². The lowest BCUT2D eigenvalue weighted by atomic mass is 10.1. The Morgan fingerprint density at radius 1 is 1.35 bits per heavy atom. The number of carbonyl (C=O) groups is 1. The molecule has 0 spiro atoms. The summed E-state index contributed by atoms with van der Waals surface area (Å²) in [5, 5.41) is 0.777. The molecule has 110 valence electrons. The van der Waals surface area contributed by atoms with Gasteiger partial charge in [-0.05, 0) is 24.0 Å². The smallest absolute Gasteiger partial charge is 0.342 e. The zero-order valence-electron chi connectivity index (χ0n) is 10.8. The molecular formula is C14H15BrF3NO. The average Bonchev–Trinajstić information content (AvgIpc) is 2.76. The summed E-state index contributed by atoms with van der Waals surface area (Å²) in [6.07, 6.45) is -3.35. The fraction of sp³-hybridized carbons (Fsp3) is 0.500. The molecule has 1 aromatic carbocycles. The van der Waals surface area contributed by atoms with Crippen LogP contribution in [0.5, 0.6) is 0 Å². The summed E-state index contributed by atoms with van der Waals surface area (Å²) >= 11 is 3.35. The first-order chi connectivity index (χ1) is 9.40. The number of hydrogen-bond acceptors (Lipinski definition) is 1. The van der Waals surface area contributed by atoms with Crippen LogP contribution in [0.25, 0.3) is 0 Å². The Morgan fingerprint density at radius 2 is 2.10 bits per heavy atom. The molecule has 0 aliphatic carbocycles. The Labute approximate surface area is 124 Å². The van der Waals surface area contributed by atoms with E-state index in [1.165, 1.54) is 6.07 Å². The summed E-state index contributed by atoms with van der Waals surface area (Å²) in [4.78, 5) is 13.4. The number of alkyl halides is 4. The number of carbonyl (C=O) groups excluding carboxylic acids is 1. The maximum absolute atomic E-state index is 12.6. The molecule has 0 N–H and O–H groups in total. The van der Waals surface area contributed by atoms with E-state index in [9.17, 15) is 18.0 Å². The van der Waals surface area contributed by atoms with Crippen LogP contribution in [0.2, 0.25) is 0 Å². The van der Waals surface area contributed by atoms with E-state index in [0.29, 0.717) is 37.4 Å². The predicted octanol–water partition coefficient (Wildman–Crippen LogP) is 3.49. The molecule has 0 saturated carbocycles. The SMILES string of the molecule is O=C1CC(CBr)CN1CCc1cccc(C(F)(F)F)c1. The number of benzene rings is 1. The lowest BCUT2D eigenvalue weighted by Gasteiger charge is -2.16. The van der Waals surface area contributed by atoms with Gasteiger partial charge in [-0.3, -0.25) is 4.79 Å². The molecule has 0 bridgehead atoms. The van der Waals surface area contributed by atoms with Crippen molar-refractivity contribution in [1.29, 1.82) is 0 Å². The number of likely N-dealkylation sites (tertiary alicyclic amines) is 1. The highest BCUT2D eigenvalue weighted by atomic mass is 79.9. The number of halogens is 4. The van der Waals surface area contributed by atoms with E-state index in [1.54, 1.807) is 11.0 Å². The summed E-state index contributed by atoms with van der Waals surface area (Å²) in [5.41, 5.74) is -0.0315. The van der Waals surface area contributed by atoms with Crippen molar-refractivity contribution >= 4 is 21.8 Å². The molecule has 20 heavy (non-hydrogen) atoms. The first-order valence-corrected chi connectivity index (χ1v) is 7.52. The van der Waals surface area contributed by atoms with Gasteiger partial charge in [-0.2, -0.15) is 13.2 Å². The second-order valence-corrected chi connectivity index (χ2v) is 5.66. The Bertz CT molecular complexity index is 490. The normalized spacial score (nSPS) is 19.7. The van der Waals surface area contributed by atoms with Crippen molar-refractivity contribution in [2.45, 2.75) is 19.0 Å². The van der Waals surface area contributed by atoms with Crippen molar-refractivity contribution in [2.75, 3.05) is 18.4 Å². The molecule has 0 radical (unpaired) electrons. The lowest BCUT2D eigenvalue weighted by molar-refractivity contribution is -0.137. The summed E-state index contributed by atoms with van der Waals surface area (Å²) in [6.45, 7) is 1.16. The molecule has 2 nitrogen and oxygen atoms in total. The largest absolute Gasteiger partial charge is 0.416 e. The molecule has 1 amide bonds. The summed E-state index contributed by atoms with van der Waals surface area (Å²) in [7, 11) is 0. The third kappa shape index (κ3) is 3.75. The van der Waals surface area contributed by atoms with Crippen LogP contribution in [0, 0.1) is 5.92 Å². The van der Waals surface area contributed by atoms with Gasteiger partial charge in [-0.15, -0.1) is 0 Å². The standard InChI is InChI=1S/C14H15BrF3NO/c15-8-11-7-13(20)19(9-11)5-4-10-2-1-3-12(6-10)14(16,17)18/h1-3,6,11H,4-5,7-9H2. The molecule has 0 aromatic heterocycles. The van der Waals surface area contributed by atoms with Gasteiger partial charge in [0, 0.05) is 24.8 Å². The quantitative estimate of drug-likeness (QED) is 0.762. The van der Waals surface area contributed by atoms with E-state index < -0.39 is 11.7 Å². The maximum atomic E-state index is 12.6. The van der Waals surface area contributed by atoms with Gasteiger partial charge < -0.3 is 4.90 Å². The fourth-order valence-electron chi connectivity index (χ4n) is 2.34. The van der Waals surface area contributed by atoms with Gasteiger partial charge >= 0.3 is 6.18 Å². The van der Waals surface area contributed by atoms with Crippen LogP contribution in [0.15, 0.2) is 24.3 Å². The van der Waals surface area contributed by atoms with Gasteiger partial charge in [0.2, 0.25) is 5.91 Å². The summed E-state index contributed by atoms with van der Waals surface area (Å²) in [6, 6.07) is 5.29. The Balaban J connectivity index is 1.96. The monoisotopic (exact) mass is 349 g/mol. The zero-order chi connectivity index (χ0) is 14.8. The van der Waals surface area contributed by atoms with Crippen molar-refractivity contribution in [1.82, 2.24) is 4.90 Å².